The fourth-order valence-electron chi connectivity index (χ4n) is 4.82. The van der Waals surface area contributed by atoms with Crippen molar-refractivity contribution in [3.05, 3.63) is 29.8 Å². The molecule has 2 N–H and O–H groups in total. The van der Waals surface area contributed by atoms with Gasteiger partial charge in [-0.05, 0) is 76.8 Å². The monoisotopic (exact) mass is 543 g/mol. The number of halogens is 1. The van der Waals surface area contributed by atoms with Crippen molar-refractivity contribution in [1.29, 1.82) is 0 Å². The first-order valence-corrected chi connectivity index (χ1v) is 11.8. The zero-order valence-corrected chi connectivity index (χ0v) is 21.9. The van der Waals surface area contributed by atoms with E-state index in [1.54, 1.807) is 7.11 Å². The average Bonchev–Trinajstić information content (AvgIpc) is 3.32. The molecule has 6 nitrogen and oxygen atoms in total. The van der Waals surface area contributed by atoms with Gasteiger partial charge in [0.2, 0.25) is 0 Å². The van der Waals surface area contributed by atoms with E-state index in [9.17, 15) is 0 Å². The largest absolute Gasteiger partial charge is 0.496 e. The summed E-state index contributed by atoms with van der Waals surface area (Å²) in [7, 11) is 3.63. The van der Waals surface area contributed by atoms with Gasteiger partial charge in [-0.2, -0.15) is 0 Å². The molecule has 0 radical (unpaired) electrons. The number of rotatable bonds is 9. The Morgan fingerprint density at radius 2 is 1.84 bits per heavy atom. The molecule has 3 rings (SSSR count). The number of piperidine rings is 1. The van der Waals surface area contributed by atoms with Gasteiger partial charge in [-0.15, -0.1) is 24.0 Å². The van der Waals surface area contributed by atoms with E-state index in [4.69, 9.17) is 4.74 Å². The number of ether oxygens (including phenoxy) is 1. The van der Waals surface area contributed by atoms with Crippen LogP contribution in [0.4, 0.5) is 0 Å². The fourth-order valence-corrected chi connectivity index (χ4v) is 4.82. The van der Waals surface area contributed by atoms with Gasteiger partial charge in [0, 0.05) is 25.7 Å². The highest BCUT2D eigenvalue weighted by Crippen LogP contribution is 2.31. The predicted octanol–water partition coefficient (Wildman–Crippen LogP) is 3.74. The van der Waals surface area contributed by atoms with Crippen LogP contribution < -0.4 is 15.4 Å². The minimum atomic E-state index is 0. The lowest BCUT2D eigenvalue weighted by molar-refractivity contribution is 0.185. The van der Waals surface area contributed by atoms with E-state index in [0.29, 0.717) is 6.04 Å². The SMILES string of the molecule is CCCN1CCC(CNC(=NC)NCC(c2ccccc2OC)N2CCCC2)CC1.I. The van der Waals surface area contributed by atoms with E-state index in [0.717, 1.165) is 43.8 Å². The van der Waals surface area contributed by atoms with Crippen LogP contribution in [0.2, 0.25) is 0 Å². The number of aliphatic imine (C=N–C) groups is 1. The van der Waals surface area contributed by atoms with Crippen LogP contribution in [0.3, 0.4) is 0 Å². The molecule has 0 aromatic heterocycles. The number of guanidine groups is 1. The van der Waals surface area contributed by atoms with Gasteiger partial charge in [0.1, 0.15) is 5.75 Å². The summed E-state index contributed by atoms with van der Waals surface area (Å²) in [6.07, 6.45) is 6.36. The fraction of sp³-hybridized carbons (Fsp3) is 0.708. The van der Waals surface area contributed by atoms with Crippen LogP contribution in [-0.2, 0) is 0 Å². The number of hydrogen-bond donors (Lipinski definition) is 2. The molecule has 2 fully saturated rings. The molecule has 1 aromatic rings. The lowest BCUT2D eigenvalue weighted by atomic mass is 9.97. The molecular weight excluding hydrogens is 501 g/mol. The summed E-state index contributed by atoms with van der Waals surface area (Å²) >= 11 is 0. The van der Waals surface area contributed by atoms with Gasteiger partial charge < -0.3 is 20.3 Å². The van der Waals surface area contributed by atoms with Crippen molar-refractivity contribution in [3.63, 3.8) is 0 Å². The smallest absolute Gasteiger partial charge is 0.191 e. The van der Waals surface area contributed by atoms with Crippen molar-refractivity contribution in [1.82, 2.24) is 20.4 Å². The molecule has 1 aromatic carbocycles. The molecule has 0 saturated carbocycles. The van der Waals surface area contributed by atoms with Crippen LogP contribution in [0, 0.1) is 5.92 Å². The summed E-state index contributed by atoms with van der Waals surface area (Å²) in [4.78, 5) is 9.65. The van der Waals surface area contributed by atoms with E-state index >= 15 is 0 Å². The normalized spacial score (nSPS) is 19.6. The van der Waals surface area contributed by atoms with Crippen molar-refractivity contribution >= 4 is 29.9 Å². The lowest BCUT2D eigenvalue weighted by Crippen LogP contribution is -2.45. The number of nitrogens with zero attached hydrogens (tertiary/aromatic N) is 3. The molecule has 0 bridgehead atoms. The first-order valence-electron chi connectivity index (χ1n) is 11.8. The number of methoxy groups -OCH3 is 1. The molecule has 1 unspecified atom stereocenters. The molecule has 7 heteroatoms. The summed E-state index contributed by atoms with van der Waals surface area (Å²) in [6.45, 7) is 10.1. The predicted molar refractivity (Wildman–Crippen MR) is 141 cm³/mol. The second-order valence-corrected chi connectivity index (χ2v) is 8.62. The second-order valence-electron chi connectivity index (χ2n) is 8.62. The Kier molecular flexibility index (Phi) is 12.0. The maximum Gasteiger partial charge on any atom is 0.191 e. The Bertz CT molecular complexity index is 657. The molecule has 0 spiro atoms. The lowest BCUT2D eigenvalue weighted by Gasteiger charge is -2.32. The van der Waals surface area contributed by atoms with Crippen LogP contribution in [0.1, 0.15) is 50.6 Å². The molecular formula is C24H42IN5O. The van der Waals surface area contributed by atoms with Gasteiger partial charge in [0.25, 0.3) is 0 Å². The molecule has 1 atom stereocenters. The Morgan fingerprint density at radius 1 is 1.13 bits per heavy atom. The first-order chi connectivity index (χ1) is 14.7. The number of likely N-dealkylation sites (tertiary alicyclic amines) is 2. The summed E-state index contributed by atoms with van der Waals surface area (Å²) in [5.41, 5.74) is 1.26. The van der Waals surface area contributed by atoms with E-state index in [2.05, 4.69) is 50.5 Å². The van der Waals surface area contributed by atoms with Gasteiger partial charge in [0.15, 0.2) is 5.96 Å². The number of nitrogens with one attached hydrogen (secondary N) is 2. The third kappa shape index (κ3) is 7.79. The van der Waals surface area contributed by atoms with Crippen molar-refractivity contribution in [3.8, 4) is 5.75 Å². The molecule has 2 aliphatic rings. The first kappa shape index (κ1) is 26.2. The quantitative estimate of drug-likeness (QED) is 0.283. The van der Waals surface area contributed by atoms with E-state index in [1.807, 2.05) is 13.1 Å². The number of hydrogen-bond acceptors (Lipinski definition) is 4. The van der Waals surface area contributed by atoms with Crippen molar-refractivity contribution in [2.75, 3.05) is 60.0 Å². The van der Waals surface area contributed by atoms with Crippen LogP contribution in [0.15, 0.2) is 29.3 Å². The van der Waals surface area contributed by atoms with Crippen LogP contribution in [0.25, 0.3) is 0 Å². The second kappa shape index (κ2) is 14.2. The summed E-state index contributed by atoms with van der Waals surface area (Å²) < 4.78 is 5.67. The van der Waals surface area contributed by atoms with E-state index in [1.165, 1.54) is 57.3 Å². The van der Waals surface area contributed by atoms with Gasteiger partial charge in [-0.25, -0.2) is 0 Å². The number of para-hydroxylation sites is 1. The van der Waals surface area contributed by atoms with E-state index < -0.39 is 0 Å². The van der Waals surface area contributed by atoms with Crippen LogP contribution in [-0.4, -0.2) is 75.7 Å². The molecule has 176 valence electrons. The number of benzene rings is 1. The average molecular weight is 544 g/mol. The van der Waals surface area contributed by atoms with Crippen molar-refractivity contribution < 1.29 is 4.74 Å². The standard InChI is InChI=1S/C24H41N5O.HI/c1-4-13-28-16-11-20(12-17-28)18-26-24(25-2)27-19-22(29-14-7-8-15-29)21-9-5-6-10-23(21)30-3;/h5-6,9-10,20,22H,4,7-8,11-19H2,1-3H3,(H2,25,26,27);1H. The van der Waals surface area contributed by atoms with Crippen molar-refractivity contribution in [2.24, 2.45) is 10.9 Å². The Hall–Kier alpha value is -1.06. The molecule has 2 heterocycles. The highest BCUT2D eigenvalue weighted by Gasteiger charge is 2.26. The maximum atomic E-state index is 5.67. The molecule has 0 aliphatic carbocycles. The van der Waals surface area contributed by atoms with Gasteiger partial charge >= 0.3 is 0 Å². The molecule has 2 saturated heterocycles. The zero-order valence-electron chi connectivity index (χ0n) is 19.6. The van der Waals surface area contributed by atoms with Crippen LogP contribution in [0.5, 0.6) is 5.75 Å². The zero-order chi connectivity index (χ0) is 21.2. The maximum absolute atomic E-state index is 5.67. The summed E-state index contributed by atoms with van der Waals surface area (Å²) in [5.74, 6) is 2.61. The highest BCUT2D eigenvalue weighted by molar-refractivity contribution is 14.0. The molecule has 2 aliphatic heterocycles. The summed E-state index contributed by atoms with van der Waals surface area (Å²) in [6, 6.07) is 8.71. The van der Waals surface area contributed by atoms with Crippen LogP contribution >= 0.6 is 24.0 Å². The van der Waals surface area contributed by atoms with E-state index in [-0.39, 0.29) is 24.0 Å². The molecule has 0 amide bonds. The third-order valence-electron chi connectivity index (χ3n) is 6.57. The topological polar surface area (TPSA) is 52.1 Å². The Balaban J connectivity index is 0.00000341. The minimum absolute atomic E-state index is 0. The van der Waals surface area contributed by atoms with Gasteiger partial charge in [-0.3, -0.25) is 9.89 Å². The highest BCUT2D eigenvalue weighted by atomic mass is 127. The Labute approximate surface area is 206 Å². The molecule has 31 heavy (non-hydrogen) atoms. The van der Waals surface area contributed by atoms with Crippen molar-refractivity contribution in [2.45, 2.75) is 45.1 Å². The minimum Gasteiger partial charge on any atom is -0.496 e. The summed E-state index contributed by atoms with van der Waals surface area (Å²) in [5, 5.41) is 7.18. The van der Waals surface area contributed by atoms with Gasteiger partial charge in [-0.1, -0.05) is 25.1 Å². The van der Waals surface area contributed by atoms with Gasteiger partial charge in [0.05, 0.1) is 13.2 Å². The Morgan fingerprint density at radius 3 is 2.48 bits per heavy atom. The third-order valence-corrected chi connectivity index (χ3v) is 6.57.